The molecule has 20 heavy (non-hydrogen) atoms. The third kappa shape index (κ3) is 3.03. The van der Waals surface area contributed by atoms with Gasteiger partial charge in [-0.3, -0.25) is 0 Å². The summed E-state index contributed by atoms with van der Waals surface area (Å²) in [5.74, 6) is 0.289. The lowest BCUT2D eigenvalue weighted by Gasteiger charge is -2.10. The number of hydrogen-bond acceptors (Lipinski definition) is 5. The number of ether oxygens (including phenoxy) is 3. The number of fused-ring (bicyclic) bond motifs is 1. The zero-order valence-electron chi connectivity index (χ0n) is 10.8. The van der Waals surface area contributed by atoms with Gasteiger partial charge >= 0.3 is 5.97 Å². The maximum Gasteiger partial charge on any atom is 0.348 e. The van der Waals surface area contributed by atoms with Crippen molar-refractivity contribution < 1.29 is 19.0 Å². The van der Waals surface area contributed by atoms with Gasteiger partial charge < -0.3 is 14.2 Å². The standard InChI is InChI=1S/C14H12ClNO4/c1-18-14(17)10(8-16)5-9-6-11(15)13-12(7-9)19-3-2-4-20-13/h5-7H,2-4H2,1H3/b10-5+. The third-order valence-electron chi connectivity index (χ3n) is 2.66. The minimum atomic E-state index is -0.698. The summed E-state index contributed by atoms with van der Waals surface area (Å²) in [7, 11) is 1.22. The van der Waals surface area contributed by atoms with E-state index >= 15 is 0 Å². The molecule has 0 unspecified atom stereocenters. The Morgan fingerprint density at radius 1 is 1.45 bits per heavy atom. The van der Waals surface area contributed by atoms with E-state index in [0.717, 1.165) is 6.42 Å². The molecule has 0 saturated carbocycles. The van der Waals surface area contributed by atoms with Gasteiger partial charge in [-0.05, 0) is 23.8 Å². The van der Waals surface area contributed by atoms with Gasteiger partial charge in [0.2, 0.25) is 0 Å². The summed E-state index contributed by atoms with van der Waals surface area (Å²) < 4.78 is 15.6. The molecule has 1 aromatic rings. The normalized spacial score (nSPS) is 14.2. The second kappa shape index (κ2) is 6.31. The molecule has 0 radical (unpaired) electrons. The maximum absolute atomic E-state index is 11.4. The van der Waals surface area contributed by atoms with Crippen LogP contribution in [0.3, 0.4) is 0 Å². The predicted molar refractivity (Wildman–Crippen MR) is 72.7 cm³/mol. The first-order valence-corrected chi connectivity index (χ1v) is 6.32. The van der Waals surface area contributed by atoms with Gasteiger partial charge in [0, 0.05) is 6.42 Å². The Morgan fingerprint density at radius 3 is 2.90 bits per heavy atom. The summed E-state index contributed by atoms with van der Waals surface area (Å²) in [6, 6.07) is 5.06. The van der Waals surface area contributed by atoms with Gasteiger partial charge in [0.15, 0.2) is 11.5 Å². The second-order valence-corrected chi connectivity index (χ2v) is 4.45. The van der Waals surface area contributed by atoms with Gasteiger partial charge in [-0.15, -0.1) is 0 Å². The number of carbonyl (C=O) groups is 1. The van der Waals surface area contributed by atoms with Crippen molar-refractivity contribution in [2.45, 2.75) is 6.42 Å². The van der Waals surface area contributed by atoms with E-state index in [4.69, 9.17) is 26.3 Å². The highest BCUT2D eigenvalue weighted by Crippen LogP contribution is 2.38. The smallest absolute Gasteiger partial charge is 0.348 e. The van der Waals surface area contributed by atoms with Crippen molar-refractivity contribution >= 4 is 23.6 Å². The predicted octanol–water partition coefficient (Wildman–Crippen LogP) is 2.58. The third-order valence-corrected chi connectivity index (χ3v) is 2.94. The topological polar surface area (TPSA) is 68.6 Å². The Hall–Kier alpha value is -2.19. The molecule has 1 heterocycles. The first kappa shape index (κ1) is 14.2. The maximum atomic E-state index is 11.4. The zero-order valence-corrected chi connectivity index (χ0v) is 11.6. The van der Waals surface area contributed by atoms with Gasteiger partial charge in [0.1, 0.15) is 11.6 Å². The van der Waals surface area contributed by atoms with Crippen LogP contribution in [-0.2, 0) is 9.53 Å². The van der Waals surface area contributed by atoms with Gasteiger partial charge in [-0.25, -0.2) is 4.79 Å². The van der Waals surface area contributed by atoms with Crippen molar-refractivity contribution in [3.63, 3.8) is 0 Å². The Kier molecular flexibility index (Phi) is 4.49. The molecule has 1 aliphatic heterocycles. The van der Waals surface area contributed by atoms with Gasteiger partial charge in [0.05, 0.1) is 25.3 Å². The lowest BCUT2D eigenvalue weighted by Crippen LogP contribution is -2.02. The molecule has 0 bridgehead atoms. The fraction of sp³-hybridized carbons (Fsp3) is 0.286. The molecule has 104 valence electrons. The summed E-state index contributed by atoms with van der Waals surface area (Å²) in [6.07, 6.45) is 2.16. The van der Waals surface area contributed by atoms with Gasteiger partial charge in [-0.2, -0.15) is 5.26 Å². The average Bonchev–Trinajstić information content (AvgIpc) is 2.69. The average molecular weight is 294 g/mol. The van der Waals surface area contributed by atoms with Gasteiger partial charge in [0.25, 0.3) is 0 Å². The molecule has 0 amide bonds. The van der Waals surface area contributed by atoms with Crippen LogP contribution in [-0.4, -0.2) is 26.3 Å². The number of benzene rings is 1. The van der Waals surface area contributed by atoms with E-state index in [-0.39, 0.29) is 5.57 Å². The summed E-state index contributed by atoms with van der Waals surface area (Å²) >= 11 is 6.13. The van der Waals surface area contributed by atoms with Crippen LogP contribution in [0.15, 0.2) is 17.7 Å². The van der Waals surface area contributed by atoms with Crippen LogP contribution in [0.2, 0.25) is 5.02 Å². The molecule has 0 aliphatic carbocycles. The van der Waals surface area contributed by atoms with Crippen molar-refractivity contribution in [3.8, 4) is 17.6 Å². The van der Waals surface area contributed by atoms with Crippen LogP contribution in [0, 0.1) is 11.3 Å². The summed E-state index contributed by atoms with van der Waals surface area (Å²) in [5.41, 5.74) is 0.458. The molecular weight excluding hydrogens is 282 g/mol. The quantitative estimate of drug-likeness (QED) is 0.476. The number of nitriles is 1. The molecule has 0 fully saturated rings. The van der Waals surface area contributed by atoms with Crippen LogP contribution in [0.4, 0.5) is 0 Å². The number of rotatable bonds is 2. The van der Waals surface area contributed by atoms with E-state index in [1.807, 2.05) is 0 Å². The first-order valence-electron chi connectivity index (χ1n) is 5.95. The van der Waals surface area contributed by atoms with Crippen molar-refractivity contribution in [3.05, 3.63) is 28.3 Å². The Morgan fingerprint density at radius 2 is 2.20 bits per heavy atom. The van der Waals surface area contributed by atoms with E-state index in [9.17, 15) is 4.79 Å². The minimum Gasteiger partial charge on any atom is -0.489 e. The van der Waals surface area contributed by atoms with Gasteiger partial charge in [-0.1, -0.05) is 11.6 Å². The van der Waals surface area contributed by atoms with Crippen LogP contribution < -0.4 is 9.47 Å². The van der Waals surface area contributed by atoms with Crippen molar-refractivity contribution in [1.29, 1.82) is 5.26 Å². The van der Waals surface area contributed by atoms with E-state index in [1.165, 1.54) is 13.2 Å². The number of halogens is 1. The van der Waals surface area contributed by atoms with E-state index in [1.54, 1.807) is 18.2 Å². The van der Waals surface area contributed by atoms with Crippen LogP contribution in [0.25, 0.3) is 6.08 Å². The zero-order chi connectivity index (χ0) is 14.5. The molecule has 0 N–H and O–H groups in total. The van der Waals surface area contributed by atoms with E-state index in [0.29, 0.717) is 35.3 Å². The molecule has 0 atom stereocenters. The van der Waals surface area contributed by atoms with Crippen molar-refractivity contribution in [2.24, 2.45) is 0 Å². The monoisotopic (exact) mass is 293 g/mol. The summed E-state index contributed by atoms with van der Waals surface area (Å²) in [4.78, 5) is 11.4. The number of nitrogens with zero attached hydrogens (tertiary/aromatic N) is 1. The summed E-state index contributed by atoms with van der Waals surface area (Å²) in [6.45, 7) is 1.06. The highest BCUT2D eigenvalue weighted by atomic mass is 35.5. The molecule has 6 heteroatoms. The van der Waals surface area contributed by atoms with Crippen LogP contribution >= 0.6 is 11.6 Å². The number of hydrogen-bond donors (Lipinski definition) is 0. The Balaban J connectivity index is 2.42. The molecular formula is C14H12ClNO4. The lowest BCUT2D eigenvalue weighted by molar-refractivity contribution is -0.135. The lowest BCUT2D eigenvalue weighted by atomic mass is 10.1. The molecule has 1 aliphatic rings. The molecule has 1 aromatic carbocycles. The highest BCUT2D eigenvalue weighted by molar-refractivity contribution is 6.32. The molecule has 5 nitrogen and oxygen atoms in total. The largest absolute Gasteiger partial charge is 0.489 e. The van der Waals surface area contributed by atoms with Crippen molar-refractivity contribution in [2.75, 3.05) is 20.3 Å². The molecule has 0 saturated heterocycles. The second-order valence-electron chi connectivity index (χ2n) is 4.04. The number of methoxy groups -OCH3 is 1. The minimum absolute atomic E-state index is 0.113. The highest BCUT2D eigenvalue weighted by Gasteiger charge is 2.16. The van der Waals surface area contributed by atoms with E-state index < -0.39 is 5.97 Å². The number of esters is 1. The fourth-order valence-electron chi connectivity index (χ4n) is 1.75. The Bertz CT molecular complexity index is 604. The Labute approximate surface area is 121 Å². The first-order chi connectivity index (χ1) is 9.65. The van der Waals surface area contributed by atoms with E-state index in [2.05, 4.69) is 4.74 Å². The fourth-order valence-corrected chi connectivity index (χ4v) is 2.02. The number of carbonyl (C=O) groups excluding carboxylic acids is 1. The van der Waals surface area contributed by atoms with Crippen molar-refractivity contribution in [1.82, 2.24) is 0 Å². The summed E-state index contributed by atoms with van der Waals surface area (Å²) in [5, 5.41) is 9.31. The molecule has 2 rings (SSSR count). The molecule has 0 aromatic heterocycles. The SMILES string of the molecule is COC(=O)/C(C#N)=C/c1cc(Cl)c2c(c1)OCCCO2. The van der Waals surface area contributed by atoms with Crippen LogP contribution in [0.5, 0.6) is 11.5 Å². The molecule has 0 spiro atoms. The van der Waals surface area contributed by atoms with Crippen LogP contribution in [0.1, 0.15) is 12.0 Å².